The Kier molecular flexibility index (Phi) is 9.57. The van der Waals surface area contributed by atoms with Crippen LogP contribution in [0, 0.1) is 11.8 Å². The molecule has 0 saturated heterocycles. The highest BCUT2D eigenvalue weighted by molar-refractivity contribution is 6.24. The van der Waals surface area contributed by atoms with Crippen LogP contribution in [0.4, 0.5) is 5.69 Å². The average molecular weight is 614 g/mol. The number of ketones is 2. The molecule has 3 aliphatic rings. The molecule has 0 aliphatic heterocycles. The van der Waals surface area contributed by atoms with Crippen molar-refractivity contribution in [1.82, 2.24) is 4.90 Å². The number of phenols is 1. The summed E-state index contributed by atoms with van der Waals surface area (Å²) in [5.41, 5.74) is 1.09. The second kappa shape index (κ2) is 12.7. The molecule has 2 amide bonds. The van der Waals surface area contributed by atoms with Crippen molar-refractivity contribution >= 4 is 34.8 Å². The number of nitrogens with one attached hydrogen (secondary N) is 1. The highest BCUT2D eigenvalue weighted by atomic mass is 16.4. The fourth-order valence-electron chi connectivity index (χ4n) is 7.17. The predicted octanol–water partition coefficient (Wildman–Crippen LogP) is 2.58. The predicted molar refractivity (Wildman–Crippen MR) is 162 cm³/mol. The van der Waals surface area contributed by atoms with Crippen molar-refractivity contribution in [1.29, 1.82) is 0 Å². The summed E-state index contributed by atoms with van der Waals surface area (Å²) < 4.78 is 0. The molecule has 1 fully saturated rings. The first-order valence-corrected chi connectivity index (χ1v) is 15.2. The number of aliphatic hydroxyl groups is 4. The number of carbonyl (C=O) groups is 4. The number of fused-ring (bicyclic) bond motifs is 3. The number of anilines is 1. The maximum Gasteiger partial charge on any atom is 0.255 e. The monoisotopic (exact) mass is 613 g/mol. The third kappa shape index (κ3) is 5.28. The van der Waals surface area contributed by atoms with Gasteiger partial charge in [0.25, 0.3) is 5.91 Å². The van der Waals surface area contributed by atoms with E-state index in [1.165, 1.54) is 31.5 Å². The molecule has 44 heavy (non-hydrogen) atoms. The number of rotatable bonds is 11. The molecule has 12 heteroatoms. The Bertz CT molecular complexity index is 1430. The Morgan fingerprint density at radius 2 is 1.64 bits per heavy atom. The topological polar surface area (TPSA) is 211 Å². The molecule has 0 unspecified atom stereocenters. The number of nitrogens with zero attached hydrogens (tertiary/aromatic N) is 1. The van der Waals surface area contributed by atoms with E-state index in [0.717, 1.165) is 32.1 Å². The molecule has 4 rings (SSSR count). The standard InChI is InChI=1S/C32H43N3O9/c1-5-6-7-8-9-10-11-12-18(36)34-17-14-13-16-15(2)19-21(26(38)20(16)25(17)37)29(41)32(44)23(27(19)39)24(35(3)4)28(40)22(30(32)42)31(33)43/h13-15,19,23-24,27,37-39,42,44H,5-12H2,1-4H3,(H2,33,43)(H,34,36)/t15-,19+,23+,24-,27-,32-/m0/s1. The van der Waals surface area contributed by atoms with Crippen molar-refractivity contribution in [2.24, 2.45) is 17.6 Å². The molecule has 12 nitrogen and oxygen atoms in total. The number of nitrogens with two attached hydrogens (primary N) is 1. The molecule has 6 atom stereocenters. The summed E-state index contributed by atoms with van der Waals surface area (Å²) in [5, 5.41) is 59.8. The SMILES string of the molecule is CCCCCCCCCC(=O)Nc1ccc2c(c1O)C(O)=C1C(=O)[C@]3(O)C(O)=C(C(N)=O)C(=O)[C@@H](N(C)C)[C@@H]3[C@@H](O)[C@@H]1[C@H]2C. The van der Waals surface area contributed by atoms with Gasteiger partial charge in [0.2, 0.25) is 11.7 Å². The fraction of sp³-hybridized carbons (Fsp3) is 0.562. The Balaban J connectivity index is 1.71. The van der Waals surface area contributed by atoms with Crippen molar-refractivity contribution < 1.29 is 44.7 Å². The van der Waals surface area contributed by atoms with Crippen molar-refractivity contribution in [3.63, 3.8) is 0 Å². The van der Waals surface area contributed by atoms with Crippen LogP contribution >= 0.6 is 0 Å². The Hall–Kier alpha value is -3.74. The molecule has 0 heterocycles. The summed E-state index contributed by atoms with van der Waals surface area (Å²) in [6.45, 7) is 3.79. The lowest BCUT2D eigenvalue weighted by Crippen LogP contribution is -2.70. The van der Waals surface area contributed by atoms with E-state index in [0.29, 0.717) is 12.0 Å². The first-order chi connectivity index (χ1) is 20.7. The minimum Gasteiger partial charge on any atom is -0.508 e. The number of hydrogen-bond acceptors (Lipinski definition) is 10. The number of Topliss-reactive ketones (excluding diaryl/α,β-unsaturated/α-hetero) is 2. The molecule has 0 radical (unpaired) electrons. The molecule has 0 aromatic heterocycles. The summed E-state index contributed by atoms with van der Waals surface area (Å²) in [5.74, 6) is -9.98. The van der Waals surface area contributed by atoms with E-state index in [9.17, 15) is 44.7 Å². The fourth-order valence-corrected chi connectivity index (χ4v) is 7.17. The van der Waals surface area contributed by atoms with Crippen LogP contribution in [0.5, 0.6) is 5.75 Å². The first kappa shape index (κ1) is 33.2. The lowest BCUT2D eigenvalue weighted by Gasteiger charge is -2.53. The third-order valence-electron chi connectivity index (χ3n) is 9.41. The van der Waals surface area contributed by atoms with Crippen molar-refractivity contribution in [2.45, 2.75) is 88.9 Å². The maximum atomic E-state index is 14.1. The summed E-state index contributed by atoms with van der Waals surface area (Å²) in [4.78, 5) is 53.5. The van der Waals surface area contributed by atoms with Crippen molar-refractivity contribution in [2.75, 3.05) is 19.4 Å². The van der Waals surface area contributed by atoms with E-state index in [-0.39, 0.29) is 23.6 Å². The van der Waals surface area contributed by atoms with Gasteiger partial charge in [0, 0.05) is 17.9 Å². The second-order valence-electron chi connectivity index (χ2n) is 12.4. The van der Waals surface area contributed by atoms with Gasteiger partial charge in [-0.3, -0.25) is 24.1 Å². The highest BCUT2D eigenvalue weighted by Crippen LogP contribution is 2.56. The van der Waals surface area contributed by atoms with Gasteiger partial charge in [-0.25, -0.2) is 0 Å². The molecule has 3 aliphatic carbocycles. The summed E-state index contributed by atoms with van der Waals surface area (Å²) in [7, 11) is 2.90. The highest BCUT2D eigenvalue weighted by Gasteiger charge is 2.68. The second-order valence-corrected chi connectivity index (χ2v) is 12.4. The van der Waals surface area contributed by atoms with Gasteiger partial charge in [0.15, 0.2) is 11.4 Å². The first-order valence-electron chi connectivity index (χ1n) is 15.2. The van der Waals surface area contributed by atoms with E-state index < -0.39 is 81.4 Å². The zero-order chi connectivity index (χ0) is 32.7. The van der Waals surface area contributed by atoms with Crippen LogP contribution in [0.25, 0.3) is 5.76 Å². The Morgan fingerprint density at radius 1 is 1.02 bits per heavy atom. The summed E-state index contributed by atoms with van der Waals surface area (Å²) in [6.07, 6.45) is 5.77. The van der Waals surface area contributed by atoms with E-state index in [4.69, 9.17) is 5.73 Å². The van der Waals surface area contributed by atoms with Crippen LogP contribution in [0.2, 0.25) is 0 Å². The summed E-state index contributed by atoms with van der Waals surface area (Å²) >= 11 is 0. The summed E-state index contributed by atoms with van der Waals surface area (Å²) in [6, 6.07) is 1.61. The average Bonchev–Trinajstić information content (AvgIpc) is 2.95. The number of aromatic hydroxyl groups is 1. The maximum absolute atomic E-state index is 14.1. The molecule has 1 aromatic carbocycles. The minimum absolute atomic E-state index is 0.00424. The van der Waals surface area contributed by atoms with Crippen molar-refractivity contribution in [3.05, 3.63) is 40.2 Å². The van der Waals surface area contributed by atoms with E-state index in [1.54, 1.807) is 13.0 Å². The van der Waals surface area contributed by atoms with Crippen LogP contribution in [-0.2, 0) is 19.2 Å². The number of aliphatic hydroxyl groups excluding tert-OH is 3. The van der Waals surface area contributed by atoms with Gasteiger partial charge in [-0.05, 0) is 38.1 Å². The zero-order valence-electron chi connectivity index (χ0n) is 25.6. The van der Waals surface area contributed by atoms with Crippen molar-refractivity contribution in [3.8, 4) is 5.75 Å². The van der Waals surface area contributed by atoms with Gasteiger partial charge in [0.1, 0.15) is 22.8 Å². The number of likely N-dealkylation sites (N-methyl/N-ethyl adjacent to an activating group) is 1. The van der Waals surface area contributed by atoms with E-state index >= 15 is 0 Å². The van der Waals surface area contributed by atoms with Gasteiger partial charge in [0.05, 0.1) is 29.3 Å². The molecule has 1 aromatic rings. The van der Waals surface area contributed by atoms with E-state index in [1.807, 2.05) is 0 Å². The van der Waals surface area contributed by atoms with E-state index in [2.05, 4.69) is 12.2 Å². The van der Waals surface area contributed by atoms with Crippen LogP contribution in [-0.4, -0.2) is 85.7 Å². The number of unbranched alkanes of at least 4 members (excludes halogenated alkanes) is 6. The molecular weight excluding hydrogens is 570 g/mol. The molecule has 240 valence electrons. The Morgan fingerprint density at radius 3 is 2.23 bits per heavy atom. The normalized spacial score (nSPS) is 28.1. The quantitative estimate of drug-likeness (QED) is 0.110. The molecular formula is C32H43N3O9. The number of phenolic OH excluding ortho intramolecular Hbond substituents is 1. The zero-order valence-corrected chi connectivity index (χ0v) is 25.6. The Labute approximate surface area is 256 Å². The smallest absolute Gasteiger partial charge is 0.255 e. The van der Waals surface area contributed by atoms with Crippen LogP contribution in [0.15, 0.2) is 29.0 Å². The van der Waals surface area contributed by atoms with Gasteiger partial charge < -0.3 is 36.6 Å². The lowest BCUT2D eigenvalue weighted by molar-refractivity contribution is -0.169. The molecule has 1 saturated carbocycles. The number of primary amides is 1. The number of hydrogen-bond donors (Lipinski definition) is 7. The molecule has 8 N–H and O–H groups in total. The van der Waals surface area contributed by atoms with Crippen LogP contribution in [0.1, 0.15) is 82.3 Å². The number of amides is 2. The number of benzene rings is 1. The third-order valence-corrected chi connectivity index (χ3v) is 9.41. The van der Waals surface area contributed by atoms with Gasteiger partial charge in [-0.2, -0.15) is 0 Å². The van der Waals surface area contributed by atoms with Gasteiger partial charge in [-0.1, -0.05) is 58.4 Å². The largest absolute Gasteiger partial charge is 0.508 e. The number of carbonyl (C=O) groups excluding carboxylic acids is 4. The van der Waals surface area contributed by atoms with Crippen LogP contribution < -0.4 is 11.1 Å². The van der Waals surface area contributed by atoms with Gasteiger partial charge in [-0.15, -0.1) is 0 Å². The minimum atomic E-state index is -2.98. The van der Waals surface area contributed by atoms with Crippen LogP contribution in [0.3, 0.4) is 0 Å². The van der Waals surface area contributed by atoms with Gasteiger partial charge >= 0.3 is 0 Å². The molecule has 0 spiro atoms. The molecule has 0 bridgehead atoms. The lowest BCUT2D eigenvalue weighted by atomic mass is 9.54.